The molecule has 144 valence electrons. The van der Waals surface area contributed by atoms with Gasteiger partial charge in [0.1, 0.15) is 5.75 Å². The molecule has 2 unspecified atom stereocenters. The van der Waals surface area contributed by atoms with Crippen LogP contribution in [0.15, 0.2) is 18.2 Å². The Morgan fingerprint density at radius 3 is 2.50 bits per heavy atom. The molecule has 0 N–H and O–H groups in total. The van der Waals surface area contributed by atoms with E-state index >= 15 is 0 Å². The van der Waals surface area contributed by atoms with Crippen LogP contribution < -0.4 is 4.74 Å². The van der Waals surface area contributed by atoms with Crippen LogP contribution in [0.25, 0.3) is 0 Å². The Balaban J connectivity index is 1.24. The van der Waals surface area contributed by atoms with E-state index in [0.29, 0.717) is 0 Å². The monoisotopic (exact) mass is 356 g/mol. The van der Waals surface area contributed by atoms with Crippen molar-refractivity contribution in [3.8, 4) is 5.75 Å². The molecule has 0 saturated carbocycles. The van der Waals surface area contributed by atoms with Crippen molar-refractivity contribution in [3.63, 3.8) is 0 Å². The smallest absolute Gasteiger partial charge is 0.119 e. The quantitative estimate of drug-likeness (QED) is 0.683. The highest BCUT2D eigenvalue weighted by Crippen LogP contribution is 2.34. The molecule has 0 aromatic heterocycles. The summed E-state index contributed by atoms with van der Waals surface area (Å²) < 4.78 is 6.08. The Labute approximate surface area is 159 Å². The van der Waals surface area contributed by atoms with E-state index < -0.39 is 0 Å². The largest absolute Gasteiger partial charge is 0.494 e. The second-order valence-electron chi connectivity index (χ2n) is 8.69. The number of hydrogen-bond acceptors (Lipinski definition) is 3. The lowest BCUT2D eigenvalue weighted by Gasteiger charge is -2.29. The van der Waals surface area contributed by atoms with E-state index in [2.05, 4.69) is 34.9 Å². The van der Waals surface area contributed by atoms with Gasteiger partial charge in [0.05, 0.1) is 6.61 Å². The van der Waals surface area contributed by atoms with E-state index in [-0.39, 0.29) is 0 Å². The second kappa shape index (κ2) is 8.75. The number of ether oxygens (including phenoxy) is 1. The van der Waals surface area contributed by atoms with Crippen molar-refractivity contribution in [3.05, 3.63) is 29.3 Å². The Bertz CT molecular complexity index is 576. The Morgan fingerprint density at radius 2 is 1.69 bits per heavy atom. The molecule has 2 atom stereocenters. The van der Waals surface area contributed by atoms with Crippen LogP contribution in [0.3, 0.4) is 0 Å². The standard InChI is InChI=1S/C23H36N2O/c1-19(25-13-5-6-14-25)21-16-20-8-9-23(18-22(20)17-21)26-15-7-12-24-10-3-2-4-11-24/h8-9,18-19,21H,2-7,10-17H2,1H3. The molecule has 2 saturated heterocycles. The van der Waals surface area contributed by atoms with Gasteiger partial charge < -0.3 is 14.5 Å². The maximum atomic E-state index is 6.08. The van der Waals surface area contributed by atoms with Gasteiger partial charge in [-0.15, -0.1) is 0 Å². The number of piperidine rings is 1. The number of benzene rings is 1. The summed E-state index contributed by atoms with van der Waals surface area (Å²) in [7, 11) is 0. The number of likely N-dealkylation sites (tertiary alicyclic amines) is 2. The predicted molar refractivity (Wildman–Crippen MR) is 108 cm³/mol. The van der Waals surface area contributed by atoms with Gasteiger partial charge in [-0.1, -0.05) is 12.5 Å². The van der Waals surface area contributed by atoms with Crippen LogP contribution in [-0.4, -0.2) is 55.2 Å². The molecule has 3 heteroatoms. The average Bonchev–Trinajstić information content (AvgIpc) is 3.35. The first-order chi connectivity index (χ1) is 12.8. The summed E-state index contributed by atoms with van der Waals surface area (Å²) in [6.07, 6.45) is 10.6. The normalized spacial score (nSPS) is 25.3. The molecule has 2 heterocycles. The third-order valence-electron chi connectivity index (χ3n) is 6.88. The number of nitrogens with zero attached hydrogens (tertiary/aromatic N) is 2. The molecule has 1 aromatic carbocycles. The topological polar surface area (TPSA) is 15.7 Å². The van der Waals surface area contributed by atoms with Crippen molar-refractivity contribution in [2.75, 3.05) is 39.3 Å². The van der Waals surface area contributed by atoms with E-state index in [1.165, 1.54) is 83.2 Å². The lowest BCUT2D eigenvalue weighted by atomic mass is 9.97. The Morgan fingerprint density at radius 1 is 0.962 bits per heavy atom. The molecular weight excluding hydrogens is 320 g/mol. The first-order valence-electron chi connectivity index (χ1n) is 11.0. The van der Waals surface area contributed by atoms with Crippen LogP contribution in [0.1, 0.15) is 56.6 Å². The van der Waals surface area contributed by atoms with Crippen LogP contribution in [0.4, 0.5) is 0 Å². The molecule has 0 bridgehead atoms. The summed E-state index contributed by atoms with van der Waals surface area (Å²) in [6, 6.07) is 7.57. The minimum absolute atomic E-state index is 0.721. The van der Waals surface area contributed by atoms with Crippen molar-refractivity contribution in [1.82, 2.24) is 9.80 Å². The van der Waals surface area contributed by atoms with Crippen LogP contribution >= 0.6 is 0 Å². The summed E-state index contributed by atoms with van der Waals surface area (Å²) in [6.45, 7) is 9.67. The fraction of sp³-hybridized carbons (Fsp3) is 0.739. The summed E-state index contributed by atoms with van der Waals surface area (Å²) in [5.41, 5.74) is 3.09. The molecule has 3 aliphatic rings. The van der Waals surface area contributed by atoms with Crippen LogP contribution in [0.5, 0.6) is 5.75 Å². The molecular formula is C23H36N2O. The molecule has 0 spiro atoms. The summed E-state index contributed by atoms with van der Waals surface area (Å²) in [5, 5.41) is 0. The number of fused-ring (bicyclic) bond motifs is 1. The Hall–Kier alpha value is -1.06. The van der Waals surface area contributed by atoms with Crippen LogP contribution in [-0.2, 0) is 12.8 Å². The van der Waals surface area contributed by atoms with Gasteiger partial charge in [-0.3, -0.25) is 0 Å². The van der Waals surface area contributed by atoms with Crippen molar-refractivity contribution in [1.29, 1.82) is 0 Å². The second-order valence-corrected chi connectivity index (χ2v) is 8.69. The van der Waals surface area contributed by atoms with Gasteiger partial charge in [0, 0.05) is 12.6 Å². The zero-order valence-corrected chi connectivity index (χ0v) is 16.6. The molecule has 0 radical (unpaired) electrons. The molecule has 2 aliphatic heterocycles. The molecule has 0 amide bonds. The van der Waals surface area contributed by atoms with Gasteiger partial charge in [-0.05, 0) is 107 Å². The zero-order valence-electron chi connectivity index (χ0n) is 16.6. The minimum atomic E-state index is 0.721. The molecule has 1 aromatic rings. The average molecular weight is 357 g/mol. The highest BCUT2D eigenvalue weighted by Gasteiger charge is 2.30. The van der Waals surface area contributed by atoms with E-state index in [9.17, 15) is 0 Å². The highest BCUT2D eigenvalue weighted by atomic mass is 16.5. The van der Waals surface area contributed by atoms with Crippen molar-refractivity contribution < 1.29 is 4.74 Å². The summed E-state index contributed by atoms with van der Waals surface area (Å²) in [5.74, 6) is 1.87. The predicted octanol–water partition coefficient (Wildman–Crippen LogP) is 4.14. The maximum Gasteiger partial charge on any atom is 0.119 e. The molecule has 2 fully saturated rings. The number of rotatable bonds is 7. The molecule has 3 nitrogen and oxygen atoms in total. The number of hydrogen-bond donors (Lipinski definition) is 0. The van der Waals surface area contributed by atoms with E-state index in [1.54, 1.807) is 5.56 Å². The maximum absolute atomic E-state index is 6.08. The van der Waals surface area contributed by atoms with E-state index in [0.717, 1.165) is 30.7 Å². The first kappa shape index (κ1) is 18.3. The highest BCUT2D eigenvalue weighted by molar-refractivity contribution is 5.39. The van der Waals surface area contributed by atoms with Crippen molar-refractivity contribution in [2.45, 2.75) is 64.3 Å². The first-order valence-corrected chi connectivity index (χ1v) is 11.0. The molecule has 26 heavy (non-hydrogen) atoms. The van der Waals surface area contributed by atoms with Gasteiger partial charge in [0.15, 0.2) is 0 Å². The molecule has 1 aliphatic carbocycles. The Kier molecular flexibility index (Phi) is 6.16. The lowest BCUT2D eigenvalue weighted by Crippen LogP contribution is -2.36. The summed E-state index contributed by atoms with van der Waals surface area (Å²) in [4.78, 5) is 5.30. The molecule has 4 rings (SSSR count). The zero-order chi connectivity index (χ0) is 17.8. The van der Waals surface area contributed by atoms with Gasteiger partial charge in [0.25, 0.3) is 0 Å². The van der Waals surface area contributed by atoms with Gasteiger partial charge in [-0.25, -0.2) is 0 Å². The third kappa shape index (κ3) is 4.43. The van der Waals surface area contributed by atoms with Gasteiger partial charge >= 0.3 is 0 Å². The lowest BCUT2D eigenvalue weighted by molar-refractivity contribution is 0.193. The SMILES string of the molecule is CC(C1Cc2ccc(OCCCN3CCCCC3)cc2C1)N1CCCC1. The third-order valence-corrected chi connectivity index (χ3v) is 6.88. The van der Waals surface area contributed by atoms with E-state index in [1.807, 2.05) is 0 Å². The minimum Gasteiger partial charge on any atom is -0.494 e. The van der Waals surface area contributed by atoms with Crippen molar-refractivity contribution >= 4 is 0 Å². The fourth-order valence-corrected chi connectivity index (χ4v) is 5.17. The van der Waals surface area contributed by atoms with E-state index in [4.69, 9.17) is 4.74 Å². The summed E-state index contributed by atoms with van der Waals surface area (Å²) >= 11 is 0. The van der Waals surface area contributed by atoms with Gasteiger partial charge in [0.2, 0.25) is 0 Å². The fourth-order valence-electron chi connectivity index (χ4n) is 5.17. The van der Waals surface area contributed by atoms with Gasteiger partial charge in [-0.2, -0.15) is 0 Å². The van der Waals surface area contributed by atoms with Crippen LogP contribution in [0.2, 0.25) is 0 Å². The van der Waals surface area contributed by atoms with Crippen LogP contribution in [0, 0.1) is 5.92 Å². The van der Waals surface area contributed by atoms with Crippen molar-refractivity contribution in [2.24, 2.45) is 5.92 Å².